The van der Waals surface area contributed by atoms with Crippen LogP contribution in [0, 0.1) is 12.8 Å². The molecule has 0 bridgehead atoms. The van der Waals surface area contributed by atoms with Crippen LogP contribution in [-0.2, 0) is 4.79 Å². The van der Waals surface area contributed by atoms with Gasteiger partial charge in [-0.2, -0.15) is 0 Å². The average Bonchev–Trinajstić information content (AvgIpc) is 2.80. The van der Waals surface area contributed by atoms with Gasteiger partial charge in [0.1, 0.15) is 0 Å². The van der Waals surface area contributed by atoms with Crippen molar-refractivity contribution in [3.8, 4) is 0 Å². The standard InChI is InChI=1S/C25H37N3O2/c1-19-7-5-6-10-23(19)25(30)28-17-13-22(14-18-28)27-15-11-20(12-16-27)24(29)26-21-8-3-2-4-9-21/h5-7,10,20-22H,2-4,8-9,11-18H2,1H3,(H,26,29). The Bertz CT molecular complexity index is 728. The molecule has 5 nitrogen and oxygen atoms in total. The number of hydrogen-bond donors (Lipinski definition) is 1. The van der Waals surface area contributed by atoms with E-state index in [9.17, 15) is 9.59 Å². The maximum atomic E-state index is 12.9. The van der Waals surface area contributed by atoms with Crippen molar-refractivity contribution in [1.82, 2.24) is 15.1 Å². The van der Waals surface area contributed by atoms with Gasteiger partial charge < -0.3 is 15.1 Å². The molecule has 2 saturated heterocycles. The van der Waals surface area contributed by atoms with Crippen molar-refractivity contribution in [2.45, 2.75) is 76.8 Å². The Morgan fingerprint density at radius 3 is 2.20 bits per heavy atom. The summed E-state index contributed by atoms with van der Waals surface area (Å²) >= 11 is 0. The zero-order valence-corrected chi connectivity index (χ0v) is 18.4. The molecule has 1 aliphatic carbocycles. The molecule has 2 amide bonds. The zero-order chi connectivity index (χ0) is 20.9. The number of benzene rings is 1. The highest BCUT2D eigenvalue weighted by atomic mass is 16.2. The van der Waals surface area contributed by atoms with Crippen LogP contribution in [0.4, 0.5) is 0 Å². The fourth-order valence-corrected chi connectivity index (χ4v) is 5.51. The first kappa shape index (κ1) is 21.4. The van der Waals surface area contributed by atoms with Crippen molar-refractivity contribution in [1.29, 1.82) is 0 Å². The molecule has 0 spiro atoms. The minimum atomic E-state index is 0.171. The third-order valence-electron chi connectivity index (χ3n) is 7.50. The predicted octanol–water partition coefficient (Wildman–Crippen LogP) is 3.76. The number of carbonyl (C=O) groups is 2. The van der Waals surface area contributed by atoms with E-state index < -0.39 is 0 Å². The summed E-state index contributed by atoms with van der Waals surface area (Å²) in [6.45, 7) is 5.70. The fraction of sp³-hybridized carbons (Fsp3) is 0.680. The van der Waals surface area contributed by atoms with E-state index >= 15 is 0 Å². The number of nitrogens with zero attached hydrogens (tertiary/aromatic N) is 2. The molecule has 164 valence electrons. The second-order valence-electron chi connectivity index (χ2n) is 9.49. The van der Waals surface area contributed by atoms with Gasteiger partial charge in [0.2, 0.25) is 5.91 Å². The molecular weight excluding hydrogens is 374 g/mol. The predicted molar refractivity (Wildman–Crippen MR) is 119 cm³/mol. The van der Waals surface area contributed by atoms with Crippen LogP contribution in [0.15, 0.2) is 24.3 Å². The van der Waals surface area contributed by atoms with Crippen LogP contribution >= 0.6 is 0 Å². The molecule has 1 aromatic carbocycles. The van der Waals surface area contributed by atoms with Crippen molar-refractivity contribution < 1.29 is 9.59 Å². The average molecular weight is 412 g/mol. The molecule has 1 saturated carbocycles. The first-order chi connectivity index (χ1) is 14.6. The number of carbonyl (C=O) groups excluding carboxylic acids is 2. The molecule has 1 aromatic rings. The normalized spacial score (nSPS) is 22.8. The number of rotatable bonds is 4. The minimum Gasteiger partial charge on any atom is -0.353 e. The van der Waals surface area contributed by atoms with Gasteiger partial charge in [-0.05, 0) is 70.2 Å². The highest BCUT2D eigenvalue weighted by Gasteiger charge is 2.32. The van der Waals surface area contributed by atoms with Gasteiger partial charge in [-0.1, -0.05) is 37.5 Å². The van der Waals surface area contributed by atoms with E-state index in [1.807, 2.05) is 36.1 Å². The SMILES string of the molecule is Cc1ccccc1C(=O)N1CCC(N2CCC(C(=O)NC3CCCCC3)CC2)CC1. The Morgan fingerprint density at radius 1 is 0.867 bits per heavy atom. The van der Waals surface area contributed by atoms with Crippen molar-refractivity contribution in [3.63, 3.8) is 0 Å². The van der Waals surface area contributed by atoms with Gasteiger partial charge in [-0.3, -0.25) is 9.59 Å². The van der Waals surface area contributed by atoms with E-state index in [0.29, 0.717) is 18.0 Å². The molecule has 0 unspecified atom stereocenters. The smallest absolute Gasteiger partial charge is 0.254 e. The summed E-state index contributed by atoms with van der Waals surface area (Å²) in [5, 5.41) is 3.32. The van der Waals surface area contributed by atoms with Gasteiger partial charge in [0.25, 0.3) is 5.91 Å². The number of aryl methyl sites for hydroxylation is 1. The maximum absolute atomic E-state index is 12.9. The van der Waals surface area contributed by atoms with Crippen LogP contribution in [0.2, 0.25) is 0 Å². The van der Waals surface area contributed by atoms with E-state index in [4.69, 9.17) is 0 Å². The summed E-state index contributed by atoms with van der Waals surface area (Å²) in [5.74, 6) is 0.649. The zero-order valence-electron chi connectivity index (χ0n) is 18.4. The Morgan fingerprint density at radius 2 is 1.53 bits per heavy atom. The lowest BCUT2D eigenvalue weighted by Gasteiger charge is -2.41. The topological polar surface area (TPSA) is 52.7 Å². The molecule has 2 heterocycles. The monoisotopic (exact) mass is 411 g/mol. The quantitative estimate of drug-likeness (QED) is 0.821. The van der Waals surface area contributed by atoms with E-state index in [1.54, 1.807) is 0 Å². The summed E-state index contributed by atoms with van der Waals surface area (Å²) in [6.07, 6.45) is 10.2. The van der Waals surface area contributed by atoms with Gasteiger partial charge in [0.05, 0.1) is 0 Å². The summed E-state index contributed by atoms with van der Waals surface area (Å²) in [4.78, 5) is 30.1. The largest absolute Gasteiger partial charge is 0.353 e. The number of nitrogens with one attached hydrogen (secondary N) is 1. The van der Waals surface area contributed by atoms with Gasteiger partial charge in [-0.25, -0.2) is 0 Å². The molecular formula is C25H37N3O2. The Labute approximate surface area is 181 Å². The van der Waals surface area contributed by atoms with Crippen molar-refractivity contribution in [3.05, 3.63) is 35.4 Å². The Kier molecular flexibility index (Phi) is 7.08. The molecule has 1 N–H and O–H groups in total. The lowest BCUT2D eigenvalue weighted by atomic mass is 9.91. The van der Waals surface area contributed by atoms with Gasteiger partial charge in [0, 0.05) is 36.7 Å². The first-order valence-electron chi connectivity index (χ1n) is 12.0. The van der Waals surface area contributed by atoms with Crippen molar-refractivity contribution in [2.75, 3.05) is 26.2 Å². The maximum Gasteiger partial charge on any atom is 0.254 e. The third kappa shape index (κ3) is 5.05. The van der Waals surface area contributed by atoms with Crippen molar-refractivity contribution in [2.24, 2.45) is 5.92 Å². The summed E-state index contributed by atoms with van der Waals surface area (Å²) in [5.41, 5.74) is 1.89. The van der Waals surface area contributed by atoms with Crippen LogP contribution in [0.1, 0.15) is 73.7 Å². The molecule has 0 atom stereocenters. The van der Waals surface area contributed by atoms with Crippen LogP contribution < -0.4 is 5.32 Å². The van der Waals surface area contributed by atoms with Crippen LogP contribution in [0.5, 0.6) is 0 Å². The van der Waals surface area contributed by atoms with Crippen LogP contribution in [0.3, 0.4) is 0 Å². The lowest BCUT2D eigenvalue weighted by molar-refractivity contribution is -0.127. The highest BCUT2D eigenvalue weighted by Crippen LogP contribution is 2.26. The van der Waals surface area contributed by atoms with Gasteiger partial charge in [0.15, 0.2) is 0 Å². The molecule has 3 aliphatic rings. The van der Waals surface area contributed by atoms with Gasteiger partial charge >= 0.3 is 0 Å². The fourth-order valence-electron chi connectivity index (χ4n) is 5.51. The molecule has 3 fully saturated rings. The molecule has 30 heavy (non-hydrogen) atoms. The Hall–Kier alpha value is -1.88. The van der Waals surface area contributed by atoms with E-state index in [2.05, 4.69) is 10.2 Å². The van der Waals surface area contributed by atoms with Gasteiger partial charge in [-0.15, -0.1) is 0 Å². The Balaban J connectivity index is 1.21. The number of hydrogen-bond acceptors (Lipinski definition) is 3. The minimum absolute atomic E-state index is 0.171. The number of piperidine rings is 2. The second-order valence-corrected chi connectivity index (χ2v) is 9.49. The van der Waals surface area contributed by atoms with E-state index in [1.165, 1.54) is 19.3 Å². The number of likely N-dealkylation sites (tertiary alicyclic amines) is 2. The summed E-state index contributed by atoms with van der Waals surface area (Å²) < 4.78 is 0. The lowest BCUT2D eigenvalue weighted by Crippen LogP contribution is -2.50. The van der Waals surface area contributed by atoms with E-state index in [-0.39, 0.29) is 11.8 Å². The van der Waals surface area contributed by atoms with Crippen molar-refractivity contribution >= 4 is 11.8 Å². The number of amides is 2. The molecule has 0 radical (unpaired) electrons. The molecule has 4 rings (SSSR count). The molecule has 2 aliphatic heterocycles. The molecule has 0 aromatic heterocycles. The summed E-state index contributed by atoms with van der Waals surface area (Å²) in [6, 6.07) is 8.84. The van der Waals surface area contributed by atoms with E-state index in [0.717, 1.165) is 75.8 Å². The highest BCUT2D eigenvalue weighted by molar-refractivity contribution is 5.95. The first-order valence-corrected chi connectivity index (χ1v) is 12.0. The summed E-state index contributed by atoms with van der Waals surface area (Å²) in [7, 11) is 0. The third-order valence-corrected chi connectivity index (χ3v) is 7.50. The van der Waals surface area contributed by atoms with Crippen LogP contribution in [-0.4, -0.2) is 59.9 Å². The second kappa shape index (κ2) is 9.95. The molecule has 5 heteroatoms. The van der Waals surface area contributed by atoms with Crippen LogP contribution in [0.25, 0.3) is 0 Å².